The highest BCUT2D eigenvalue weighted by Crippen LogP contribution is 2.25. The third-order valence-electron chi connectivity index (χ3n) is 5.59. The van der Waals surface area contributed by atoms with Gasteiger partial charge in [0.2, 0.25) is 23.6 Å². The molecule has 4 amide bonds. The fourth-order valence-electron chi connectivity index (χ4n) is 3.67. The van der Waals surface area contributed by atoms with Gasteiger partial charge in [-0.2, -0.15) is 23.5 Å². The monoisotopic (exact) mass is 456 g/mol. The molecule has 0 spiro atoms. The van der Waals surface area contributed by atoms with Crippen molar-refractivity contribution >= 4 is 58.7 Å². The molecule has 2 heterocycles. The van der Waals surface area contributed by atoms with E-state index in [1.165, 1.54) is 23.5 Å². The Morgan fingerprint density at radius 1 is 0.900 bits per heavy atom. The van der Waals surface area contributed by atoms with E-state index in [0.717, 1.165) is 9.80 Å². The van der Waals surface area contributed by atoms with E-state index in [4.69, 9.17) is 0 Å². The quantitative estimate of drug-likeness (QED) is 0.404. The van der Waals surface area contributed by atoms with Gasteiger partial charge in [-0.15, -0.1) is 0 Å². The van der Waals surface area contributed by atoms with Crippen molar-refractivity contribution in [2.24, 2.45) is 5.92 Å². The summed E-state index contributed by atoms with van der Waals surface area (Å²) in [5, 5.41) is -0.753. The van der Waals surface area contributed by atoms with Gasteiger partial charge in [0.25, 0.3) is 0 Å². The third-order valence-corrected chi connectivity index (χ3v) is 7.47. The molecule has 2 aliphatic heterocycles. The van der Waals surface area contributed by atoms with Crippen LogP contribution in [0.2, 0.25) is 0 Å². The molecular formula is C20H28N2O6S2. The second-order valence-corrected chi connectivity index (χ2v) is 9.52. The lowest BCUT2D eigenvalue weighted by molar-refractivity contribution is -0.141. The van der Waals surface area contributed by atoms with Crippen LogP contribution in [-0.4, -0.2) is 81.1 Å². The van der Waals surface area contributed by atoms with E-state index < -0.39 is 5.92 Å². The number of Topliss-reactive ketones (excluding diaryl/α,β-unsaturated/α-hetero) is 2. The SMILES string of the molecule is CCC(CC(=O)CCN1C(=O)CC(SC)C1=O)C(=O)CCN1C(=O)CC(SC)C1=O. The Morgan fingerprint density at radius 2 is 1.37 bits per heavy atom. The Bertz CT molecular complexity index is 741. The van der Waals surface area contributed by atoms with Crippen LogP contribution >= 0.6 is 23.5 Å². The van der Waals surface area contributed by atoms with Gasteiger partial charge in [0, 0.05) is 51.1 Å². The molecule has 2 rings (SSSR count). The molecule has 0 aliphatic carbocycles. The fourth-order valence-corrected chi connectivity index (χ4v) is 4.95. The van der Waals surface area contributed by atoms with Crippen LogP contribution in [-0.2, 0) is 28.8 Å². The maximum Gasteiger partial charge on any atom is 0.242 e. The Hall–Kier alpha value is -1.68. The number of carbonyl (C=O) groups excluding carboxylic acids is 6. The number of ketones is 2. The molecule has 2 aliphatic rings. The van der Waals surface area contributed by atoms with Crippen molar-refractivity contribution < 1.29 is 28.8 Å². The highest BCUT2D eigenvalue weighted by Gasteiger charge is 2.39. The summed E-state index contributed by atoms with van der Waals surface area (Å²) in [6.45, 7) is 1.90. The van der Waals surface area contributed by atoms with Crippen LogP contribution in [0.15, 0.2) is 0 Å². The van der Waals surface area contributed by atoms with Crippen LogP contribution < -0.4 is 0 Å². The smallest absolute Gasteiger partial charge is 0.242 e. The average molecular weight is 457 g/mol. The van der Waals surface area contributed by atoms with Crippen molar-refractivity contribution in [1.82, 2.24) is 9.80 Å². The summed E-state index contributed by atoms with van der Waals surface area (Å²) in [7, 11) is 0. The summed E-state index contributed by atoms with van der Waals surface area (Å²) in [6.07, 6.45) is 4.43. The zero-order chi connectivity index (χ0) is 22.4. The molecule has 2 saturated heterocycles. The first-order chi connectivity index (χ1) is 14.2. The molecule has 0 aromatic carbocycles. The minimum absolute atomic E-state index is 0.0286. The third kappa shape index (κ3) is 5.72. The first-order valence-electron chi connectivity index (χ1n) is 10.0. The van der Waals surface area contributed by atoms with Crippen LogP contribution in [0.5, 0.6) is 0 Å². The van der Waals surface area contributed by atoms with E-state index in [-0.39, 0.29) is 90.9 Å². The maximum absolute atomic E-state index is 12.5. The number of hydrogen-bond donors (Lipinski definition) is 0. The van der Waals surface area contributed by atoms with Gasteiger partial charge in [0.15, 0.2) is 0 Å². The van der Waals surface area contributed by atoms with Crippen LogP contribution in [0.3, 0.4) is 0 Å². The predicted molar refractivity (Wildman–Crippen MR) is 115 cm³/mol. The summed E-state index contributed by atoms with van der Waals surface area (Å²) in [4.78, 5) is 75.3. The standard InChI is InChI=1S/C20H28N2O6S2/c1-4-12(14(24)6-8-22-18(26)11-16(30-3)20(22)28)9-13(23)5-7-21-17(25)10-15(29-2)19(21)27/h12,15-16H,4-11H2,1-3H3. The molecule has 3 atom stereocenters. The Morgan fingerprint density at radius 3 is 1.77 bits per heavy atom. The first-order valence-corrected chi connectivity index (χ1v) is 12.6. The van der Waals surface area contributed by atoms with Gasteiger partial charge >= 0.3 is 0 Å². The van der Waals surface area contributed by atoms with Gasteiger partial charge < -0.3 is 0 Å². The van der Waals surface area contributed by atoms with E-state index >= 15 is 0 Å². The maximum atomic E-state index is 12.5. The van der Waals surface area contributed by atoms with E-state index in [1.807, 2.05) is 6.92 Å². The number of amides is 4. The summed E-state index contributed by atoms with van der Waals surface area (Å²) >= 11 is 2.65. The number of carbonyl (C=O) groups is 6. The minimum Gasteiger partial charge on any atom is -0.300 e. The van der Waals surface area contributed by atoms with Gasteiger partial charge in [-0.1, -0.05) is 6.92 Å². The fraction of sp³-hybridized carbons (Fsp3) is 0.700. The van der Waals surface area contributed by atoms with Gasteiger partial charge in [-0.25, -0.2) is 0 Å². The molecule has 0 N–H and O–H groups in total. The lowest BCUT2D eigenvalue weighted by Gasteiger charge is -2.18. The number of likely N-dealkylation sites (tertiary alicyclic amines) is 2. The molecule has 2 fully saturated rings. The highest BCUT2D eigenvalue weighted by molar-refractivity contribution is 8.00. The number of thioether (sulfide) groups is 2. The summed E-state index contributed by atoms with van der Waals surface area (Å²) in [6, 6.07) is 0. The predicted octanol–water partition coefficient (Wildman–Crippen LogP) is 1.30. The lowest BCUT2D eigenvalue weighted by Crippen LogP contribution is -2.35. The summed E-state index contributed by atoms with van der Waals surface area (Å²) < 4.78 is 0. The topological polar surface area (TPSA) is 109 Å². The molecule has 0 aromatic rings. The molecule has 0 aromatic heterocycles. The summed E-state index contributed by atoms with van der Waals surface area (Å²) in [5.74, 6) is -1.88. The van der Waals surface area contributed by atoms with Crippen LogP contribution in [0.4, 0.5) is 0 Å². The Kier molecular flexibility index (Phi) is 9.09. The minimum atomic E-state index is -0.495. The van der Waals surface area contributed by atoms with Crippen LogP contribution in [0, 0.1) is 5.92 Å². The van der Waals surface area contributed by atoms with Gasteiger partial charge in [-0.3, -0.25) is 38.6 Å². The second-order valence-electron chi connectivity index (χ2n) is 7.44. The van der Waals surface area contributed by atoms with E-state index in [2.05, 4.69) is 0 Å². The van der Waals surface area contributed by atoms with E-state index in [9.17, 15) is 28.8 Å². The molecule has 3 unspecified atom stereocenters. The van der Waals surface area contributed by atoms with Crippen LogP contribution in [0.1, 0.15) is 45.4 Å². The van der Waals surface area contributed by atoms with Crippen molar-refractivity contribution in [3.8, 4) is 0 Å². The zero-order valence-electron chi connectivity index (χ0n) is 17.5. The highest BCUT2D eigenvalue weighted by atomic mass is 32.2. The molecular weight excluding hydrogens is 428 g/mol. The first kappa shape index (κ1) is 24.6. The van der Waals surface area contributed by atoms with Crippen LogP contribution in [0.25, 0.3) is 0 Å². The van der Waals surface area contributed by atoms with Crippen molar-refractivity contribution in [2.45, 2.75) is 55.9 Å². The van der Waals surface area contributed by atoms with Gasteiger partial charge in [-0.05, 0) is 18.9 Å². The van der Waals surface area contributed by atoms with E-state index in [0.29, 0.717) is 6.42 Å². The Balaban J connectivity index is 1.81. The molecule has 30 heavy (non-hydrogen) atoms. The Labute approximate surface area is 184 Å². The lowest BCUT2D eigenvalue weighted by atomic mass is 9.92. The van der Waals surface area contributed by atoms with Gasteiger partial charge in [0.1, 0.15) is 11.6 Å². The number of nitrogens with zero attached hydrogens (tertiary/aromatic N) is 2. The van der Waals surface area contributed by atoms with E-state index in [1.54, 1.807) is 12.5 Å². The van der Waals surface area contributed by atoms with Gasteiger partial charge in [0.05, 0.1) is 10.5 Å². The van der Waals surface area contributed by atoms with Crippen molar-refractivity contribution in [2.75, 3.05) is 25.6 Å². The number of rotatable bonds is 12. The van der Waals surface area contributed by atoms with Crippen molar-refractivity contribution in [3.63, 3.8) is 0 Å². The molecule has 0 bridgehead atoms. The average Bonchev–Trinajstić information content (AvgIpc) is 3.16. The molecule has 166 valence electrons. The number of hydrogen-bond acceptors (Lipinski definition) is 8. The summed E-state index contributed by atoms with van der Waals surface area (Å²) in [5.41, 5.74) is 0. The molecule has 0 radical (unpaired) electrons. The van der Waals surface area contributed by atoms with Crippen molar-refractivity contribution in [3.05, 3.63) is 0 Å². The molecule has 8 nitrogen and oxygen atoms in total. The molecule has 10 heteroatoms. The zero-order valence-corrected chi connectivity index (χ0v) is 19.2. The second kappa shape index (κ2) is 11.1. The number of imide groups is 2. The largest absolute Gasteiger partial charge is 0.300 e. The molecule has 0 saturated carbocycles. The normalized spacial score (nSPS) is 22.9. The van der Waals surface area contributed by atoms with Crippen molar-refractivity contribution in [1.29, 1.82) is 0 Å².